The second-order valence-electron chi connectivity index (χ2n) is 5.21. The number of rotatable bonds is 3. The lowest BCUT2D eigenvalue weighted by Crippen LogP contribution is -2.49. The van der Waals surface area contributed by atoms with Crippen LogP contribution in [-0.2, 0) is 4.74 Å². The summed E-state index contributed by atoms with van der Waals surface area (Å²) in [5.41, 5.74) is 0.698. The highest BCUT2D eigenvalue weighted by Crippen LogP contribution is 2.24. The molecular formula is C15H19NO3. The lowest BCUT2D eigenvalue weighted by molar-refractivity contribution is -0.0344. The van der Waals surface area contributed by atoms with Crippen molar-refractivity contribution in [3.63, 3.8) is 0 Å². The maximum absolute atomic E-state index is 12.4. The summed E-state index contributed by atoms with van der Waals surface area (Å²) in [6.45, 7) is 2.52. The normalized spacial score (nSPS) is 27.0. The molecule has 2 saturated heterocycles. The molecule has 0 spiro atoms. The van der Waals surface area contributed by atoms with Crippen LogP contribution in [0.3, 0.4) is 0 Å². The van der Waals surface area contributed by atoms with E-state index in [-0.39, 0.29) is 11.9 Å². The molecular weight excluding hydrogens is 242 g/mol. The number of methoxy groups -OCH3 is 1. The lowest BCUT2D eigenvalue weighted by atomic mass is 10.0. The zero-order valence-corrected chi connectivity index (χ0v) is 11.2. The van der Waals surface area contributed by atoms with Gasteiger partial charge in [0.25, 0.3) is 0 Å². The van der Waals surface area contributed by atoms with Crippen LogP contribution in [0.1, 0.15) is 23.2 Å². The Morgan fingerprint density at radius 2 is 2.16 bits per heavy atom. The number of carbonyl (C=O) groups excluding carboxylic acids is 1. The first-order valence-electron chi connectivity index (χ1n) is 6.82. The molecule has 19 heavy (non-hydrogen) atoms. The van der Waals surface area contributed by atoms with Crippen molar-refractivity contribution in [3.05, 3.63) is 29.8 Å². The van der Waals surface area contributed by atoms with E-state index in [9.17, 15) is 4.79 Å². The molecule has 0 bridgehead atoms. The highest BCUT2D eigenvalue weighted by atomic mass is 16.5. The van der Waals surface area contributed by atoms with Crippen LogP contribution in [-0.4, -0.2) is 49.6 Å². The second kappa shape index (κ2) is 5.31. The Kier molecular flexibility index (Phi) is 3.53. The van der Waals surface area contributed by atoms with Crippen molar-refractivity contribution in [3.8, 4) is 5.75 Å². The Balaban J connectivity index is 1.69. The Labute approximate surface area is 113 Å². The Morgan fingerprint density at radius 1 is 1.37 bits per heavy atom. The third kappa shape index (κ3) is 2.51. The van der Waals surface area contributed by atoms with Gasteiger partial charge in [-0.1, -0.05) is 0 Å². The van der Waals surface area contributed by atoms with Crippen molar-refractivity contribution in [2.75, 3.05) is 26.8 Å². The topological polar surface area (TPSA) is 38.8 Å². The summed E-state index contributed by atoms with van der Waals surface area (Å²) in [6.07, 6.45) is 2.10. The van der Waals surface area contributed by atoms with Gasteiger partial charge in [-0.2, -0.15) is 0 Å². The fourth-order valence-electron chi connectivity index (χ4n) is 2.92. The average Bonchev–Trinajstić information content (AvgIpc) is 2.94. The van der Waals surface area contributed by atoms with Gasteiger partial charge in [-0.25, -0.2) is 0 Å². The van der Waals surface area contributed by atoms with Crippen molar-refractivity contribution in [2.24, 2.45) is 0 Å². The second-order valence-corrected chi connectivity index (χ2v) is 5.21. The predicted molar refractivity (Wildman–Crippen MR) is 71.7 cm³/mol. The monoisotopic (exact) mass is 261 g/mol. The maximum atomic E-state index is 12.4. The number of morpholine rings is 1. The smallest absolute Gasteiger partial charge is 0.192 e. The van der Waals surface area contributed by atoms with Gasteiger partial charge in [-0.15, -0.1) is 0 Å². The van der Waals surface area contributed by atoms with Gasteiger partial charge in [0.2, 0.25) is 0 Å². The third-order valence-electron chi connectivity index (χ3n) is 4.06. The Bertz CT molecular complexity index is 457. The number of hydrogen-bond acceptors (Lipinski definition) is 4. The van der Waals surface area contributed by atoms with Crippen LogP contribution in [0.5, 0.6) is 5.75 Å². The first-order chi connectivity index (χ1) is 9.28. The fraction of sp³-hybridized carbons (Fsp3) is 0.533. The molecule has 2 heterocycles. The molecule has 1 aromatic rings. The molecule has 1 aromatic carbocycles. The molecule has 2 fully saturated rings. The number of hydrogen-bond donors (Lipinski definition) is 0. The SMILES string of the molecule is COc1ccc(C(=O)C2CN3CCCC3CO2)cc1. The number of benzene rings is 1. The predicted octanol–water partition coefficient (Wildman–Crippen LogP) is 1.74. The van der Waals surface area contributed by atoms with E-state index in [1.807, 2.05) is 12.1 Å². The van der Waals surface area contributed by atoms with Gasteiger partial charge >= 0.3 is 0 Å². The van der Waals surface area contributed by atoms with Crippen LogP contribution < -0.4 is 4.74 Å². The molecule has 0 aromatic heterocycles. The van der Waals surface area contributed by atoms with E-state index in [1.54, 1.807) is 19.2 Å². The third-order valence-corrected chi connectivity index (χ3v) is 4.06. The van der Waals surface area contributed by atoms with Crippen molar-refractivity contribution in [1.82, 2.24) is 4.90 Å². The molecule has 2 aliphatic rings. The summed E-state index contributed by atoms with van der Waals surface area (Å²) in [6, 6.07) is 7.77. The molecule has 0 aliphatic carbocycles. The van der Waals surface area contributed by atoms with Crippen LogP contribution in [0.25, 0.3) is 0 Å². The quantitative estimate of drug-likeness (QED) is 0.777. The molecule has 0 radical (unpaired) electrons. The van der Waals surface area contributed by atoms with Crippen LogP contribution in [0, 0.1) is 0 Å². The van der Waals surface area contributed by atoms with E-state index in [4.69, 9.17) is 9.47 Å². The summed E-state index contributed by atoms with van der Waals surface area (Å²) in [7, 11) is 1.62. The minimum Gasteiger partial charge on any atom is -0.497 e. The zero-order chi connectivity index (χ0) is 13.2. The minimum atomic E-state index is -0.317. The molecule has 2 unspecified atom stereocenters. The van der Waals surface area contributed by atoms with E-state index in [0.29, 0.717) is 18.2 Å². The van der Waals surface area contributed by atoms with Gasteiger partial charge in [0, 0.05) is 18.2 Å². The van der Waals surface area contributed by atoms with Crippen molar-refractivity contribution >= 4 is 5.78 Å². The number of Topliss-reactive ketones (excluding diaryl/α,β-unsaturated/α-hetero) is 1. The molecule has 0 amide bonds. The number of ketones is 1. The van der Waals surface area contributed by atoms with Crippen LogP contribution in [0.4, 0.5) is 0 Å². The molecule has 4 nitrogen and oxygen atoms in total. The van der Waals surface area contributed by atoms with Gasteiger partial charge in [-0.3, -0.25) is 9.69 Å². The number of carbonyl (C=O) groups is 1. The highest BCUT2D eigenvalue weighted by Gasteiger charge is 2.35. The lowest BCUT2D eigenvalue weighted by Gasteiger charge is -2.34. The standard InChI is InChI=1S/C15H19NO3/c1-18-13-6-4-11(5-7-13)15(17)14-9-16-8-2-3-12(16)10-19-14/h4-7,12,14H,2-3,8-10H2,1H3. The maximum Gasteiger partial charge on any atom is 0.192 e. The van der Waals surface area contributed by atoms with Gasteiger partial charge in [0.05, 0.1) is 13.7 Å². The van der Waals surface area contributed by atoms with Crippen molar-refractivity contribution in [2.45, 2.75) is 25.0 Å². The minimum absolute atomic E-state index is 0.0769. The van der Waals surface area contributed by atoms with Gasteiger partial charge in [-0.05, 0) is 43.7 Å². The number of fused-ring (bicyclic) bond motifs is 1. The van der Waals surface area contributed by atoms with E-state index in [1.165, 1.54) is 12.8 Å². The van der Waals surface area contributed by atoms with E-state index >= 15 is 0 Å². The fourth-order valence-corrected chi connectivity index (χ4v) is 2.92. The van der Waals surface area contributed by atoms with Crippen LogP contribution in [0.15, 0.2) is 24.3 Å². The van der Waals surface area contributed by atoms with Gasteiger partial charge in [0.15, 0.2) is 5.78 Å². The summed E-state index contributed by atoms with van der Waals surface area (Å²) in [5, 5.41) is 0. The molecule has 4 heteroatoms. The molecule has 2 atom stereocenters. The summed E-state index contributed by atoms with van der Waals surface area (Å²) >= 11 is 0. The first-order valence-corrected chi connectivity index (χ1v) is 6.82. The first kappa shape index (κ1) is 12.6. The van der Waals surface area contributed by atoms with Gasteiger partial charge < -0.3 is 9.47 Å². The molecule has 0 N–H and O–H groups in total. The van der Waals surface area contributed by atoms with E-state index in [2.05, 4.69) is 4.90 Å². The summed E-state index contributed by atoms with van der Waals surface area (Å²) < 4.78 is 10.8. The van der Waals surface area contributed by atoms with Crippen molar-refractivity contribution < 1.29 is 14.3 Å². The summed E-state index contributed by atoms with van der Waals surface area (Å²) in [5.74, 6) is 0.841. The van der Waals surface area contributed by atoms with Gasteiger partial charge in [0.1, 0.15) is 11.9 Å². The highest BCUT2D eigenvalue weighted by molar-refractivity contribution is 5.99. The van der Waals surface area contributed by atoms with E-state index in [0.717, 1.165) is 18.8 Å². The number of ether oxygens (including phenoxy) is 2. The summed E-state index contributed by atoms with van der Waals surface area (Å²) in [4.78, 5) is 14.8. The van der Waals surface area contributed by atoms with E-state index < -0.39 is 0 Å². The molecule has 0 saturated carbocycles. The zero-order valence-electron chi connectivity index (χ0n) is 11.2. The largest absolute Gasteiger partial charge is 0.497 e. The van der Waals surface area contributed by atoms with Crippen molar-refractivity contribution in [1.29, 1.82) is 0 Å². The van der Waals surface area contributed by atoms with Crippen LogP contribution >= 0.6 is 0 Å². The molecule has 2 aliphatic heterocycles. The molecule has 3 rings (SSSR count). The Morgan fingerprint density at radius 3 is 2.89 bits per heavy atom. The van der Waals surface area contributed by atoms with Crippen LogP contribution in [0.2, 0.25) is 0 Å². The molecule has 102 valence electrons. The Hall–Kier alpha value is -1.39. The average molecular weight is 261 g/mol. The number of nitrogens with zero attached hydrogens (tertiary/aromatic N) is 1.